The lowest BCUT2D eigenvalue weighted by Crippen LogP contribution is -2.52. The monoisotopic (exact) mass is 433 g/mol. The number of alkyl halides is 3. The molecule has 0 saturated heterocycles. The fraction of sp³-hybridized carbons (Fsp3) is 0.375. The molecule has 2 aromatic carbocycles. The van der Waals surface area contributed by atoms with Gasteiger partial charge in [0, 0.05) is 23.2 Å². The number of halogens is 3. The van der Waals surface area contributed by atoms with Gasteiger partial charge in [0.05, 0.1) is 12.1 Å². The summed E-state index contributed by atoms with van der Waals surface area (Å²) in [5, 5.41) is 21.7. The summed E-state index contributed by atoms with van der Waals surface area (Å²) in [4.78, 5) is 12.1. The molecule has 0 saturated carbocycles. The van der Waals surface area contributed by atoms with Crippen LogP contribution in [0.25, 0.3) is 10.9 Å². The van der Waals surface area contributed by atoms with Crippen molar-refractivity contribution in [2.75, 3.05) is 0 Å². The van der Waals surface area contributed by atoms with Gasteiger partial charge < -0.3 is 14.8 Å². The van der Waals surface area contributed by atoms with Crippen molar-refractivity contribution < 1.29 is 23.4 Å². The molecule has 1 atom stereocenters. The van der Waals surface area contributed by atoms with Crippen LogP contribution in [0.15, 0.2) is 53.5 Å². The number of pyridine rings is 1. The van der Waals surface area contributed by atoms with Crippen LogP contribution in [0.1, 0.15) is 37.0 Å². The van der Waals surface area contributed by atoms with Crippen molar-refractivity contribution in [3.05, 3.63) is 75.6 Å². The standard InChI is InChI=1S/C24H26F3NO3/c1-15-11-16(2)21(30)18(12-15)22(3,4)13-23(31,24(25,26)27)14-28-10-9-20(29)17-7-5-6-8-19(17)28/h5-12,30-31H,13-14H2,1-4H3. The van der Waals surface area contributed by atoms with E-state index in [1.807, 2.05) is 0 Å². The molecule has 0 radical (unpaired) electrons. The van der Waals surface area contributed by atoms with Crippen molar-refractivity contribution in [2.45, 2.75) is 57.9 Å². The van der Waals surface area contributed by atoms with E-state index in [4.69, 9.17) is 0 Å². The number of phenolic OH excluding ortho intramolecular Hbond substituents is 1. The van der Waals surface area contributed by atoms with Crippen LogP contribution in [-0.2, 0) is 12.0 Å². The van der Waals surface area contributed by atoms with Gasteiger partial charge in [0.25, 0.3) is 0 Å². The van der Waals surface area contributed by atoms with E-state index in [1.165, 1.54) is 22.9 Å². The lowest BCUT2D eigenvalue weighted by molar-refractivity contribution is -0.271. The van der Waals surface area contributed by atoms with Gasteiger partial charge in [0.2, 0.25) is 0 Å². The molecule has 4 nitrogen and oxygen atoms in total. The van der Waals surface area contributed by atoms with E-state index in [1.54, 1.807) is 58.0 Å². The van der Waals surface area contributed by atoms with Gasteiger partial charge in [-0.15, -0.1) is 0 Å². The van der Waals surface area contributed by atoms with Gasteiger partial charge in [0.1, 0.15) is 5.75 Å². The normalized spacial score (nSPS) is 14.6. The molecule has 7 heteroatoms. The summed E-state index contributed by atoms with van der Waals surface area (Å²) in [7, 11) is 0. The number of fused-ring (bicyclic) bond motifs is 1. The summed E-state index contributed by atoms with van der Waals surface area (Å²) in [6.07, 6.45) is -4.36. The third-order valence-electron chi connectivity index (χ3n) is 5.75. The lowest BCUT2D eigenvalue weighted by atomic mass is 9.73. The smallest absolute Gasteiger partial charge is 0.418 e. The van der Waals surface area contributed by atoms with Crippen LogP contribution in [-0.4, -0.2) is 26.6 Å². The predicted octanol–water partition coefficient (Wildman–Crippen LogP) is 4.99. The van der Waals surface area contributed by atoms with Crippen LogP contribution in [0.2, 0.25) is 0 Å². The molecule has 2 N–H and O–H groups in total. The van der Waals surface area contributed by atoms with Crippen LogP contribution in [0.4, 0.5) is 13.2 Å². The van der Waals surface area contributed by atoms with Gasteiger partial charge >= 0.3 is 6.18 Å². The summed E-state index contributed by atoms with van der Waals surface area (Å²) in [6, 6.07) is 10.9. The third-order valence-corrected chi connectivity index (χ3v) is 5.75. The summed E-state index contributed by atoms with van der Waals surface area (Å²) in [6.45, 7) is 5.84. The number of phenols is 1. The Labute approximate surface area is 178 Å². The van der Waals surface area contributed by atoms with Crippen molar-refractivity contribution >= 4 is 10.9 Å². The predicted molar refractivity (Wildman–Crippen MR) is 114 cm³/mol. The third kappa shape index (κ3) is 4.32. The van der Waals surface area contributed by atoms with Crippen molar-refractivity contribution in [3.63, 3.8) is 0 Å². The average Bonchev–Trinajstić information content (AvgIpc) is 2.66. The minimum atomic E-state index is -4.94. The molecule has 166 valence electrons. The number of hydrogen-bond acceptors (Lipinski definition) is 3. The summed E-state index contributed by atoms with van der Waals surface area (Å²) in [5.74, 6) is -0.0751. The van der Waals surface area contributed by atoms with Crippen molar-refractivity contribution in [2.24, 2.45) is 0 Å². The van der Waals surface area contributed by atoms with Crippen LogP contribution in [0, 0.1) is 13.8 Å². The van der Waals surface area contributed by atoms with Crippen LogP contribution >= 0.6 is 0 Å². The molecule has 3 aromatic rings. The largest absolute Gasteiger partial charge is 0.507 e. The molecule has 31 heavy (non-hydrogen) atoms. The lowest BCUT2D eigenvalue weighted by Gasteiger charge is -2.39. The van der Waals surface area contributed by atoms with Crippen LogP contribution < -0.4 is 5.43 Å². The first-order valence-corrected chi connectivity index (χ1v) is 9.93. The first-order chi connectivity index (χ1) is 14.2. The maximum Gasteiger partial charge on any atom is 0.418 e. The number of aryl methyl sites for hydroxylation is 2. The Balaban J connectivity index is 2.09. The topological polar surface area (TPSA) is 62.5 Å². The number of aliphatic hydroxyl groups is 1. The number of nitrogens with zero attached hydrogens (tertiary/aromatic N) is 1. The van der Waals surface area contributed by atoms with Gasteiger partial charge in [-0.3, -0.25) is 4.79 Å². The van der Waals surface area contributed by atoms with E-state index >= 15 is 0 Å². The Morgan fingerprint density at radius 2 is 1.68 bits per heavy atom. The van der Waals surface area contributed by atoms with Gasteiger partial charge in [-0.2, -0.15) is 13.2 Å². The Kier molecular flexibility index (Phi) is 5.69. The number of aromatic hydroxyl groups is 1. The molecule has 3 rings (SSSR count). The van der Waals surface area contributed by atoms with Crippen molar-refractivity contribution in [1.29, 1.82) is 0 Å². The van der Waals surface area contributed by atoms with Gasteiger partial charge in [-0.25, -0.2) is 0 Å². The minimum absolute atomic E-state index is 0.0751. The fourth-order valence-corrected chi connectivity index (χ4v) is 4.23. The first kappa shape index (κ1) is 22.9. The second kappa shape index (κ2) is 7.71. The molecular formula is C24H26F3NO3. The van der Waals surface area contributed by atoms with E-state index in [9.17, 15) is 28.2 Å². The number of benzene rings is 2. The SMILES string of the molecule is Cc1cc(C)c(O)c(C(C)(C)CC(O)(Cn2ccc(=O)c3ccccc32)C(F)(F)F)c1. The zero-order valence-corrected chi connectivity index (χ0v) is 17.9. The highest BCUT2D eigenvalue weighted by Gasteiger charge is 2.56. The number of aromatic nitrogens is 1. The van der Waals surface area contributed by atoms with Crippen LogP contribution in [0.3, 0.4) is 0 Å². The minimum Gasteiger partial charge on any atom is -0.507 e. The molecule has 1 unspecified atom stereocenters. The quantitative estimate of drug-likeness (QED) is 0.596. The summed E-state index contributed by atoms with van der Waals surface area (Å²) in [5.41, 5.74) is -2.58. The molecule has 0 spiro atoms. The number of para-hydroxylation sites is 1. The maximum atomic E-state index is 14.2. The molecule has 0 aliphatic carbocycles. The van der Waals surface area contributed by atoms with Crippen molar-refractivity contribution in [1.82, 2.24) is 4.57 Å². The highest BCUT2D eigenvalue weighted by atomic mass is 19.4. The Morgan fingerprint density at radius 1 is 1.03 bits per heavy atom. The number of hydrogen-bond donors (Lipinski definition) is 2. The molecule has 0 amide bonds. The van der Waals surface area contributed by atoms with E-state index in [2.05, 4.69) is 0 Å². The Bertz CT molecular complexity index is 1180. The van der Waals surface area contributed by atoms with E-state index < -0.39 is 30.2 Å². The van der Waals surface area contributed by atoms with E-state index in [0.717, 1.165) is 5.56 Å². The second-order valence-corrected chi connectivity index (χ2v) is 8.89. The van der Waals surface area contributed by atoms with E-state index in [0.29, 0.717) is 16.6 Å². The molecule has 0 aliphatic heterocycles. The molecule has 1 heterocycles. The van der Waals surface area contributed by atoms with Gasteiger partial charge in [-0.1, -0.05) is 43.7 Å². The van der Waals surface area contributed by atoms with Crippen LogP contribution in [0.5, 0.6) is 5.75 Å². The van der Waals surface area contributed by atoms with E-state index in [-0.39, 0.29) is 16.6 Å². The summed E-state index contributed by atoms with van der Waals surface area (Å²) >= 11 is 0. The number of rotatable bonds is 5. The molecule has 1 aromatic heterocycles. The molecular weight excluding hydrogens is 407 g/mol. The van der Waals surface area contributed by atoms with Gasteiger partial charge in [-0.05, 0) is 43.4 Å². The maximum absolute atomic E-state index is 14.2. The average molecular weight is 433 g/mol. The first-order valence-electron chi connectivity index (χ1n) is 9.93. The fourth-order valence-electron chi connectivity index (χ4n) is 4.23. The Hall–Kier alpha value is -2.80. The van der Waals surface area contributed by atoms with Gasteiger partial charge in [0.15, 0.2) is 11.0 Å². The molecule has 0 aliphatic rings. The zero-order chi connectivity index (χ0) is 23.2. The molecule has 0 fully saturated rings. The highest BCUT2D eigenvalue weighted by molar-refractivity contribution is 5.78. The van der Waals surface area contributed by atoms with Crippen molar-refractivity contribution in [3.8, 4) is 5.75 Å². The Morgan fingerprint density at radius 3 is 2.32 bits per heavy atom. The highest BCUT2D eigenvalue weighted by Crippen LogP contribution is 2.45. The summed E-state index contributed by atoms with van der Waals surface area (Å²) < 4.78 is 43.8. The zero-order valence-electron chi connectivity index (χ0n) is 17.9. The molecule has 0 bridgehead atoms. The second-order valence-electron chi connectivity index (χ2n) is 8.89.